The predicted octanol–water partition coefficient (Wildman–Crippen LogP) is 1.43. The highest BCUT2D eigenvalue weighted by atomic mass is 19.1. The maximum Gasteiger partial charge on any atom is 0.322 e. The predicted molar refractivity (Wildman–Crippen MR) is 85.3 cm³/mol. The molecule has 0 spiro atoms. The Labute approximate surface area is 138 Å². The second kappa shape index (κ2) is 6.82. The van der Waals surface area contributed by atoms with Gasteiger partial charge >= 0.3 is 6.03 Å². The SMILES string of the molecule is O=C1NC(=O)[C@H](CCC(=O)N2CC=C(c3ccc(F)cc3)CC2)N1. The summed E-state index contributed by atoms with van der Waals surface area (Å²) in [5.74, 6) is -0.696. The molecule has 1 atom stereocenters. The molecule has 4 amide bonds. The fourth-order valence-electron chi connectivity index (χ4n) is 2.91. The van der Waals surface area contributed by atoms with Gasteiger partial charge in [-0.2, -0.15) is 0 Å². The van der Waals surface area contributed by atoms with E-state index in [1.807, 2.05) is 6.08 Å². The molecule has 0 aliphatic carbocycles. The Balaban J connectivity index is 1.52. The normalized spacial score (nSPS) is 20.5. The highest BCUT2D eigenvalue weighted by molar-refractivity contribution is 6.04. The van der Waals surface area contributed by atoms with Gasteiger partial charge in [0.2, 0.25) is 5.91 Å². The fraction of sp³-hybridized carbons (Fsp3) is 0.353. The van der Waals surface area contributed by atoms with Crippen molar-refractivity contribution in [1.29, 1.82) is 0 Å². The van der Waals surface area contributed by atoms with Crippen molar-refractivity contribution >= 4 is 23.4 Å². The summed E-state index contributed by atoms with van der Waals surface area (Å²) in [6.07, 6.45) is 3.18. The first-order valence-electron chi connectivity index (χ1n) is 7.87. The number of nitrogens with zero attached hydrogens (tertiary/aromatic N) is 1. The Hall–Kier alpha value is -2.70. The topological polar surface area (TPSA) is 78.5 Å². The van der Waals surface area contributed by atoms with Crippen LogP contribution in [0.4, 0.5) is 9.18 Å². The summed E-state index contributed by atoms with van der Waals surface area (Å²) in [5, 5.41) is 4.63. The van der Waals surface area contributed by atoms with Crippen molar-refractivity contribution in [2.45, 2.75) is 25.3 Å². The molecule has 2 aliphatic rings. The number of hydrogen-bond acceptors (Lipinski definition) is 3. The first kappa shape index (κ1) is 16.2. The van der Waals surface area contributed by atoms with Crippen LogP contribution >= 0.6 is 0 Å². The van der Waals surface area contributed by atoms with Gasteiger partial charge in [-0.15, -0.1) is 0 Å². The van der Waals surface area contributed by atoms with Crippen LogP contribution in [-0.2, 0) is 9.59 Å². The highest BCUT2D eigenvalue weighted by Gasteiger charge is 2.30. The monoisotopic (exact) mass is 331 g/mol. The molecule has 0 bridgehead atoms. The van der Waals surface area contributed by atoms with Crippen LogP contribution in [0.3, 0.4) is 0 Å². The maximum atomic E-state index is 13.0. The molecule has 1 aromatic carbocycles. The molecular formula is C17H18FN3O3. The molecule has 0 aromatic heterocycles. The second-order valence-corrected chi connectivity index (χ2v) is 5.88. The third kappa shape index (κ3) is 3.61. The van der Waals surface area contributed by atoms with Gasteiger partial charge in [-0.05, 0) is 36.1 Å². The van der Waals surface area contributed by atoms with E-state index in [0.29, 0.717) is 25.9 Å². The molecular weight excluding hydrogens is 313 g/mol. The van der Waals surface area contributed by atoms with Gasteiger partial charge in [-0.25, -0.2) is 9.18 Å². The molecule has 7 heteroatoms. The van der Waals surface area contributed by atoms with Crippen molar-refractivity contribution in [3.63, 3.8) is 0 Å². The molecule has 2 N–H and O–H groups in total. The smallest absolute Gasteiger partial charge is 0.322 e. The van der Waals surface area contributed by atoms with Gasteiger partial charge in [0.05, 0.1) is 0 Å². The van der Waals surface area contributed by atoms with Crippen molar-refractivity contribution in [1.82, 2.24) is 15.5 Å². The van der Waals surface area contributed by atoms with Gasteiger partial charge in [0.25, 0.3) is 5.91 Å². The number of halogens is 1. The maximum absolute atomic E-state index is 13.0. The third-order valence-corrected chi connectivity index (χ3v) is 4.28. The quantitative estimate of drug-likeness (QED) is 0.819. The Kier molecular flexibility index (Phi) is 4.59. The Morgan fingerprint density at radius 3 is 2.58 bits per heavy atom. The molecule has 1 saturated heterocycles. The number of rotatable bonds is 4. The van der Waals surface area contributed by atoms with Gasteiger partial charge in [-0.3, -0.25) is 14.9 Å². The van der Waals surface area contributed by atoms with Crippen molar-refractivity contribution < 1.29 is 18.8 Å². The summed E-state index contributed by atoms with van der Waals surface area (Å²) in [6.45, 7) is 1.08. The minimum Gasteiger partial charge on any atom is -0.339 e. The minimum absolute atomic E-state index is 0.0432. The fourth-order valence-corrected chi connectivity index (χ4v) is 2.91. The molecule has 1 aromatic rings. The van der Waals surface area contributed by atoms with Crippen molar-refractivity contribution in [3.8, 4) is 0 Å². The number of imide groups is 1. The molecule has 2 aliphatic heterocycles. The minimum atomic E-state index is -0.628. The van der Waals surface area contributed by atoms with Gasteiger partial charge < -0.3 is 10.2 Å². The van der Waals surface area contributed by atoms with Crippen LogP contribution in [0.2, 0.25) is 0 Å². The van der Waals surface area contributed by atoms with Crippen LogP contribution in [0.1, 0.15) is 24.8 Å². The van der Waals surface area contributed by atoms with E-state index in [1.165, 1.54) is 12.1 Å². The van der Waals surface area contributed by atoms with E-state index in [9.17, 15) is 18.8 Å². The van der Waals surface area contributed by atoms with Crippen molar-refractivity contribution in [3.05, 3.63) is 41.7 Å². The molecule has 0 saturated carbocycles. The van der Waals surface area contributed by atoms with E-state index in [0.717, 1.165) is 11.1 Å². The number of carbonyl (C=O) groups is 3. The Bertz CT molecular complexity index is 700. The molecule has 126 valence electrons. The van der Waals surface area contributed by atoms with Crippen molar-refractivity contribution in [2.24, 2.45) is 0 Å². The van der Waals surface area contributed by atoms with Crippen LogP contribution in [0.25, 0.3) is 5.57 Å². The summed E-state index contributed by atoms with van der Waals surface area (Å²) in [6, 6.07) is 5.18. The molecule has 2 heterocycles. The summed E-state index contributed by atoms with van der Waals surface area (Å²) in [5.41, 5.74) is 2.07. The third-order valence-electron chi connectivity index (χ3n) is 4.28. The molecule has 6 nitrogen and oxygen atoms in total. The van der Waals surface area contributed by atoms with Crippen LogP contribution < -0.4 is 10.6 Å². The van der Waals surface area contributed by atoms with E-state index < -0.39 is 12.1 Å². The lowest BCUT2D eigenvalue weighted by atomic mass is 9.99. The summed E-state index contributed by atoms with van der Waals surface area (Å²) in [7, 11) is 0. The lowest BCUT2D eigenvalue weighted by molar-refractivity contribution is -0.131. The van der Waals surface area contributed by atoms with E-state index in [1.54, 1.807) is 17.0 Å². The van der Waals surface area contributed by atoms with Gasteiger partial charge in [-0.1, -0.05) is 18.2 Å². The highest BCUT2D eigenvalue weighted by Crippen LogP contribution is 2.23. The van der Waals surface area contributed by atoms with Crippen LogP contribution in [0.15, 0.2) is 30.3 Å². The van der Waals surface area contributed by atoms with Crippen LogP contribution in [0.5, 0.6) is 0 Å². The van der Waals surface area contributed by atoms with E-state index >= 15 is 0 Å². The molecule has 3 rings (SSSR count). The van der Waals surface area contributed by atoms with Gasteiger partial charge in [0.15, 0.2) is 0 Å². The van der Waals surface area contributed by atoms with Gasteiger partial charge in [0, 0.05) is 19.5 Å². The number of carbonyl (C=O) groups excluding carboxylic acids is 3. The number of nitrogens with one attached hydrogen (secondary N) is 2. The first-order chi connectivity index (χ1) is 11.5. The van der Waals surface area contributed by atoms with Crippen molar-refractivity contribution in [2.75, 3.05) is 13.1 Å². The molecule has 0 unspecified atom stereocenters. The summed E-state index contributed by atoms with van der Waals surface area (Å²) < 4.78 is 13.0. The van der Waals surface area contributed by atoms with Crippen LogP contribution in [0, 0.1) is 5.82 Å². The zero-order valence-electron chi connectivity index (χ0n) is 13.0. The first-order valence-corrected chi connectivity index (χ1v) is 7.87. The van der Waals surface area contributed by atoms with Gasteiger partial charge in [0.1, 0.15) is 11.9 Å². The van der Waals surface area contributed by atoms with E-state index in [4.69, 9.17) is 0 Å². The molecule has 1 fully saturated rings. The van der Waals surface area contributed by atoms with E-state index in [-0.39, 0.29) is 24.1 Å². The average Bonchev–Trinajstić information content (AvgIpc) is 2.91. The zero-order valence-corrected chi connectivity index (χ0v) is 13.0. The largest absolute Gasteiger partial charge is 0.339 e. The lowest BCUT2D eigenvalue weighted by Crippen LogP contribution is -2.36. The number of amides is 4. The zero-order chi connectivity index (χ0) is 17.1. The Morgan fingerprint density at radius 2 is 2.00 bits per heavy atom. The Morgan fingerprint density at radius 1 is 1.25 bits per heavy atom. The second-order valence-electron chi connectivity index (χ2n) is 5.88. The molecule has 0 radical (unpaired) electrons. The molecule has 24 heavy (non-hydrogen) atoms. The average molecular weight is 331 g/mol. The lowest BCUT2D eigenvalue weighted by Gasteiger charge is -2.27. The standard InChI is InChI=1S/C17H18FN3O3/c18-13-3-1-11(2-4-13)12-7-9-21(10-8-12)15(22)6-5-14-16(23)20-17(24)19-14/h1-4,7,14H,5-6,8-10H2,(H2,19,20,23,24)/t14-/m0/s1. The van der Waals surface area contributed by atoms with Crippen LogP contribution in [-0.4, -0.2) is 41.9 Å². The number of hydrogen-bond donors (Lipinski definition) is 2. The number of benzene rings is 1. The summed E-state index contributed by atoms with van der Waals surface area (Å²) >= 11 is 0. The number of urea groups is 1. The van der Waals surface area contributed by atoms with E-state index in [2.05, 4.69) is 10.6 Å². The summed E-state index contributed by atoms with van der Waals surface area (Å²) in [4.78, 5) is 36.4.